The molecule has 4 nitrogen and oxygen atoms in total. The first kappa shape index (κ1) is 18.6. The second kappa shape index (κ2) is 7.42. The van der Waals surface area contributed by atoms with Gasteiger partial charge in [0.15, 0.2) is 11.6 Å². The van der Waals surface area contributed by atoms with Crippen molar-refractivity contribution in [1.82, 2.24) is 4.90 Å². The lowest BCUT2D eigenvalue weighted by Crippen LogP contribution is -2.31. The van der Waals surface area contributed by atoms with E-state index in [-0.39, 0.29) is 18.0 Å². The van der Waals surface area contributed by atoms with Crippen molar-refractivity contribution in [3.05, 3.63) is 59.4 Å². The summed E-state index contributed by atoms with van der Waals surface area (Å²) in [6, 6.07) is 7.96. The fourth-order valence-corrected chi connectivity index (χ4v) is 2.15. The molecule has 0 bridgehead atoms. The van der Waals surface area contributed by atoms with Crippen LogP contribution in [0.5, 0.6) is 5.75 Å². The molecule has 0 saturated carbocycles. The molecule has 2 aromatic carbocycles. The van der Waals surface area contributed by atoms with Gasteiger partial charge in [0.25, 0.3) is 0 Å². The van der Waals surface area contributed by atoms with Gasteiger partial charge in [-0.3, -0.25) is 0 Å². The molecule has 8 heteroatoms. The smallest absolute Gasteiger partial charge is 0.416 e. The Morgan fingerprint density at radius 3 is 2.52 bits per heavy atom. The van der Waals surface area contributed by atoms with Crippen LogP contribution in [0, 0.1) is 5.82 Å². The van der Waals surface area contributed by atoms with Gasteiger partial charge in [-0.1, -0.05) is 12.1 Å². The maximum absolute atomic E-state index is 13.7. The van der Waals surface area contributed by atoms with Gasteiger partial charge < -0.3 is 15.0 Å². The lowest BCUT2D eigenvalue weighted by Gasteiger charge is -2.19. The van der Waals surface area contributed by atoms with Crippen LogP contribution in [0.3, 0.4) is 0 Å². The molecule has 2 aromatic rings. The minimum Gasteiger partial charge on any atom is -0.494 e. The van der Waals surface area contributed by atoms with Crippen LogP contribution in [0.25, 0.3) is 0 Å². The van der Waals surface area contributed by atoms with E-state index in [1.54, 1.807) is 6.07 Å². The number of carbonyl (C=O) groups excluding carboxylic acids is 1. The highest BCUT2D eigenvalue weighted by Gasteiger charge is 2.30. The molecule has 0 fully saturated rings. The molecule has 0 aliphatic rings. The lowest BCUT2D eigenvalue weighted by atomic mass is 10.2. The van der Waals surface area contributed by atoms with Gasteiger partial charge in [0.1, 0.15) is 0 Å². The number of anilines is 1. The highest BCUT2D eigenvalue weighted by molar-refractivity contribution is 5.89. The number of benzene rings is 2. The largest absolute Gasteiger partial charge is 0.494 e. The topological polar surface area (TPSA) is 41.6 Å². The second-order valence-corrected chi connectivity index (χ2v) is 5.33. The Morgan fingerprint density at radius 1 is 1.20 bits per heavy atom. The molecule has 0 aromatic heterocycles. The normalized spacial score (nSPS) is 11.1. The minimum absolute atomic E-state index is 0.0209. The number of methoxy groups -OCH3 is 1. The van der Waals surface area contributed by atoms with Gasteiger partial charge in [0.2, 0.25) is 0 Å². The quantitative estimate of drug-likeness (QED) is 0.819. The predicted molar refractivity (Wildman–Crippen MR) is 84.9 cm³/mol. The zero-order valence-corrected chi connectivity index (χ0v) is 13.5. The molecule has 2 amide bonds. The molecule has 0 radical (unpaired) electrons. The SMILES string of the molecule is COc1ccc(CN(C)C(=O)Nc2cccc(C(F)(F)F)c2)cc1F. The van der Waals surface area contributed by atoms with Crippen LogP contribution in [0.1, 0.15) is 11.1 Å². The van der Waals surface area contributed by atoms with E-state index in [2.05, 4.69) is 5.32 Å². The highest BCUT2D eigenvalue weighted by Crippen LogP contribution is 2.30. The van der Waals surface area contributed by atoms with Crippen molar-refractivity contribution in [3.63, 3.8) is 0 Å². The Bertz CT molecular complexity index is 763. The van der Waals surface area contributed by atoms with E-state index < -0.39 is 23.6 Å². The van der Waals surface area contributed by atoms with E-state index in [0.717, 1.165) is 12.1 Å². The monoisotopic (exact) mass is 356 g/mol. The third-order valence-electron chi connectivity index (χ3n) is 3.42. The van der Waals surface area contributed by atoms with Gasteiger partial charge >= 0.3 is 12.2 Å². The van der Waals surface area contributed by atoms with E-state index in [1.165, 1.54) is 43.3 Å². The number of amides is 2. The minimum atomic E-state index is -4.49. The van der Waals surface area contributed by atoms with Crippen LogP contribution < -0.4 is 10.1 Å². The van der Waals surface area contributed by atoms with Gasteiger partial charge in [0.05, 0.1) is 12.7 Å². The molecule has 2 rings (SSSR count). The van der Waals surface area contributed by atoms with Crippen LogP contribution in [-0.2, 0) is 12.7 Å². The number of ether oxygens (including phenoxy) is 1. The van der Waals surface area contributed by atoms with Crippen LogP contribution in [-0.4, -0.2) is 25.1 Å². The number of urea groups is 1. The predicted octanol–water partition coefficient (Wildman–Crippen LogP) is 4.52. The number of alkyl halides is 3. The van der Waals surface area contributed by atoms with Crippen LogP contribution in [0.2, 0.25) is 0 Å². The van der Waals surface area contributed by atoms with Gasteiger partial charge in [-0.2, -0.15) is 13.2 Å². The number of carbonyl (C=O) groups is 1. The Hall–Kier alpha value is -2.77. The van der Waals surface area contributed by atoms with E-state index in [0.29, 0.717) is 5.56 Å². The Morgan fingerprint density at radius 2 is 1.92 bits per heavy atom. The molecule has 0 saturated heterocycles. The Labute approximate surface area is 142 Å². The van der Waals surface area contributed by atoms with E-state index >= 15 is 0 Å². The number of nitrogens with zero attached hydrogens (tertiary/aromatic N) is 1. The van der Waals surface area contributed by atoms with Crippen molar-refractivity contribution < 1.29 is 27.1 Å². The van der Waals surface area contributed by atoms with Crippen LogP contribution >= 0.6 is 0 Å². The molecule has 134 valence electrons. The van der Waals surface area contributed by atoms with Crippen molar-refractivity contribution in [2.24, 2.45) is 0 Å². The fourth-order valence-electron chi connectivity index (χ4n) is 2.15. The average molecular weight is 356 g/mol. The van der Waals surface area contributed by atoms with Crippen LogP contribution in [0.4, 0.5) is 28.0 Å². The average Bonchev–Trinajstić information content (AvgIpc) is 2.54. The van der Waals surface area contributed by atoms with Gasteiger partial charge in [-0.25, -0.2) is 9.18 Å². The van der Waals surface area contributed by atoms with Crippen molar-refractivity contribution in [2.75, 3.05) is 19.5 Å². The molecular weight excluding hydrogens is 340 g/mol. The fraction of sp³-hybridized carbons (Fsp3) is 0.235. The molecule has 0 heterocycles. The molecule has 0 unspecified atom stereocenters. The maximum Gasteiger partial charge on any atom is 0.416 e. The first-order valence-corrected chi connectivity index (χ1v) is 7.22. The molecule has 0 aliphatic heterocycles. The number of halogens is 4. The van der Waals surface area contributed by atoms with Crippen molar-refractivity contribution in [2.45, 2.75) is 12.7 Å². The van der Waals surface area contributed by atoms with E-state index in [1.807, 2.05) is 0 Å². The summed E-state index contributed by atoms with van der Waals surface area (Å²) >= 11 is 0. The zero-order valence-electron chi connectivity index (χ0n) is 13.5. The summed E-state index contributed by atoms with van der Waals surface area (Å²) in [5.74, 6) is -0.480. The first-order valence-electron chi connectivity index (χ1n) is 7.22. The highest BCUT2D eigenvalue weighted by atomic mass is 19.4. The molecule has 0 aliphatic carbocycles. The number of nitrogens with one attached hydrogen (secondary N) is 1. The summed E-state index contributed by atoms with van der Waals surface area (Å²) in [6.45, 7) is 0.0751. The van der Waals surface area contributed by atoms with E-state index in [4.69, 9.17) is 4.74 Å². The summed E-state index contributed by atoms with van der Waals surface area (Å²) in [5.41, 5.74) is -0.322. The number of hydrogen-bond donors (Lipinski definition) is 1. The van der Waals surface area contributed by atoms with E-state index in [9.17, 15) is 22.4 Å². The van der Waals surface area contributed by atoms with Gasteiger partial charge in [0, 0.05) is 19.3 Å². The molecular formula is C17H16F4N2O2. The maximum atomic E-state index is 13.7. The summed E-state index contributed by atoms with van der Waals surface area (Å²) in [5, 5.41) is 2.38. The standard InChI is InChI=1S/C17H16F4N2O2/c1-23(10-11-6-7-15(25-2)14(18)8-11)16(24)22-13-5-3-4-12(9-13)17(19,20)21/h3-9H,10H2,1-2H3,(H,22,24). The number of hydrogen-bond acceptors (Lipinski definition) is 2. The summed E-state index contributed by atoms with van der Waals surface area (Å²) in [6.07, 6.45) is -4.49. The Kier molecular flexibility index (Phi) is 5.51. The first-order chi connectivity index (χ1) is 11.7. The summed E-state index contributed by atoms with van der Waals surface area (Å²) in [7, 11) is 2.79. The van der Waals surface area contributed by atoms with Gasteiger partial charge in [-0.05, 0) is 35.9 Å². The molecule has 0 spiro atoms. The third-order valence-corrected chi connectivity index (χ3v) is 3.42. The summed E-state index contributed by atoms with van der Waals surface area (Å²) in [4.78, 5) is 13.3. The summed E-state index contributed by atoms with van der Waals surface area (Å²) < 4.78 is 56.5. The van der Waals surface area contributed by atoms with Gasteiger partial charge in [-0.15, -0.1) is 0 Å². The Balaban J connectivity index is 2.04. The number of rotatable bonds is 4. The van der Waals surface area contributed by atoms with Crippen LogP contribution in [0.15, 0.2) is 42.5 Å². The van der Waals surface area contributed by atoms with Crippen molar-refractivity contribution >= 4 is 11.7 Å². The van der Waals surface area contributed by atoms with Crippen molar-refractivity contribution in [3.8, 4) is 5.75 Å². The molecule has 1 N–H and O–H groups in total. The lowest BCUT2D eigenvalue weighted by molar-refractivity contribution is -0.137. The third kappa shape index (κ3) is 4.85. The molecule has 0 atom stereocenters. The van der Waals surface area contributed by atoms with Crippen molar-refractivity contribution in [1.29, 1.82) is 0 Å². The second-order valence-electron chi connectivity index (χ2n) is 5.33. The molecule has 25 heavy (non-hydrogen) atoms. The zero-order chi connectivity index (χ0) is 18.6.